The number of hydrogen-bond acceptors (Lipinski definition) is 6. The van der Waals surface area contributed by atoms with Crippen molar-refractivity contribution >= 4 is 38.3 Å². The van der Waals surface area contributed by atoms with Gasteiger partial charge in [0.1, 0.15) is 12.1 Å². The Balaban J connectivity index is 1.45. The highest BCUT2D eigenvalue weighted by atomic mass is 79.9. The Kier molecular flexibility index (Phi) is 4.91. The van der Waals surface area contributed by atoms with Crippen molar-refractivity contribution in [2.75, 3.05) is 38.2 Å². The van der Waals surface area contributed by atoms with E-state index in [-0.39, 0.29) is 0 Å². The average molecular weight is 403 g/mol. The topological polar surface area (TPSA) is 68.1 Å². The largest absolute Gasteiger partial charge is 0.379 e. The van der Waals surface area contributed by atoms with Crippen LogP contribution in [0.1, 0.15) is 0 Å². The van der Waals surface area contributed by atoms with Gasteiger partial charge in [-0.15, -0.1) is 0 Å². The van der Waals surface area contributed by atoms with Crippen molar-refractivity contribution in [2.45, 2.75) is 6.54 Å². The molecule has 1 aliphatic rings. The number of aromatic nitrogens is 4. The summed E-state index contributed by atoms with van der Waals surface area (Å²) in [6, 6.07) is 5.96. The summed E-state index contributed by atoms with van der Waals surface area (Å²) in [6.07, 6.45) is 5.40. The van der Waals surface area contributed by atoms with Gasteiger partial charge in [0.2, 0.25) is 0 Å². The summed E-state index contributed by atoms with van der Waals surface area (Å²) in [5, 5.41) is 8.75. The van der Waals surface area contributed by atoms with Crippen molar-refractivity contribution in [1.29, 1.82) is 0 Å². The number of morpholine rings is 1. The van der Waals surface area contributed by atoms with E-state index in [9.17, 15) is 0 Å². The summed E-state index contributed by atoms with van der Waals surface area (Å²) in [5.41, 5.74) is 1.82. The molecule has 0 amide bonds. The fraction of sp³-hybridized carbons (Fsp3) is 0.353. The lowest BCUT2D eigenvalue weighted by molar-refractivity contribution is 0.0360. The number of hydrogen-bond donors (Lipinski definition) is 1. The van der Waals surface area contributed by atoms with Crippen LogP contribution in [0.15, 0.2) is 41.4 Å². The average Bonchev–Trinajstić information content (AvgIpc) is 3.09. The quantitative estimate of drug-likeness (QED) is 0.707. The highest BCUT2D eigenvalue weighted by molar-refractivity contribution is 9.10. The highest BCUT2D eigenvalue weighted by Crippen LogP contribution is 2.25. The first-order valence-electron chi connectivity index (χ1n) is 8.28. The van der Waals surface area contributed by atoms with Gasteiger partial charge in [-0.1, -0.05) is 15.9 Å². The van der Waals surface area contributed by atoms with Gasteiger partial charge in [0.15, 0.2) is 0 Å². The second kappa shape index (κ2) is 7.47. The van der Waals surface area contributed by atoms with Gasteiger partial charge in [0.25, 0.3) is 0 Å². The fourth-order valence-electron chi connectivity index (χ4n) is 2.88. The van der Waals surface area contributed by atoms with Crippen molar-refractivity contribution in [3.63, 3.8) is 0 Å². The maximum Gasteiger partial charge on any atom is 0.141 e. The number of nitrogens with zero attached hydrogens (tertiary/aromatic N) is 5. The van der Waals surface area contributed by atoms with Gasteiger partial charge in [0.05, 0.1) is 37.2 Å². The molecule has 0 atom stereocenters. The van der Waals surface area contributed by atoms with E-state index in [1.165, 1.54) is 0 Å². The Morgan fingerprint density at radius 3 is 2.92 bits per heavy atom. The van der Waals surface area contributed by atoms with Crippen LogP contribution in [0.4, 0.5) is 11.5 Å². The Bertz CT molecular complexity index is 861. The maximum atomic E-state index is 5.38. The van der Waals surface area contributed by atoms with Crippen LogP contribution >= 0.6 is 15.9 Å². The van der Waals surface area contributed by atoms with Gasteiger partial charge in [-0.25, -0.2) is 9.97 Å². The number of ether oxygens (including phenoxy) is 1. The third-order valence-electron chi connectivity index (χ3n) is 4.24. The molecular weight excluding hydrogens is 384 g/mol. The van der Waals surface area contributed by atoms with Crippen LogP contribution < -0.4 is 5.32 Å². The Morgan fingerprint density at radius 2 is 2.04 bits per heavy atom. The van der Waals surface area contributed by atoms with Gasteiger partial charge in [0, 0.05) is 35.7 Å². The molecule has 8 heteroatoms. The van der Waals surface area contributed by atoms with Crippen LogP contribution in [0.3, 0.4) is 0 Å². The lowest BCUT2D eigenvalue weighted by Crippen LogP contribution is -2.38. The SMILES string of the molecule is Brc1ccc2ncnc(Nc3cnn(CCN4CCOCC4)c3)c2c1. The maximum absolute atomic E-state index is 5.38. The molecule has 0 unspecified atom stereocenters. The van der Waals surface area contributed by atoms with E-state index < -0.39 is 0 Å². The Hall–Kier alpha value is -2.03. The van der Waals surface area contributed by atoms with Crippen molar-refractivity contribution in [3.05, 3.63) is 41.4 Å². The third-order valence-corrected chi connectivity index (χ3v) is 4.74. The molecule has 1 fully saturated rings. The van der Waals surface area contributed by atoms with E-state index in [0.717, 1.165) is 66.3 Å². The minimum atomic E-state index is 0.777. The summed E-state index contributed by atoms with van der Waals surface area (Å²) in [6.45, 7) is 5.47. The minimum absolute atomic E-state index is 0.777. The summed E-state index contributed by atoms with van der Waals surface area (Å²) in [5.74, 6) is 0.777. The Labute approximate surface area is 154 Å². The number of anilines is 2. The summed E-state index contributed by atoms with van der Waals surface area (Å²) < 4.78 is 8.33. The summed E-state index contributed by atoms with van der Waals surface area (Å²) in [7, 11) is 0. The van der Waals surface area contributed by atoms with Crippen LogP contribution in [-0.2, 0) is 11.3 Å². The van der Waals surface area contributed by atoms with Crippen molar-refractivity contribution in [1.82, 2.24) is 24.6 Å². The lowest BCUT2D eigenvalue weighted by atomic mass is 10.2. The molecular formula is C17H19BrN6O. The fourth-order valence-corrected chi connectivity index (χ4v) is 3.25. The predicted molar refractivity (Wildman–Crippen MR) is 100 cm³/mol. The van der Waals surface area contributed by atoms with Crippen molar-refractivity contribution in [3.8, 4) is 0 Å². The van der Waals surface area contributed by atoms with Crippen LogP contribution in [0.25, 0.3) is 10.9 Å². The van der Waals surface area contributed by atoms with Gasteiger partial charge in [-0.05, 0) is 18.2 Å². The standard InChI is InChI=1S/C17H19BrN6O/c18-13-1-2-16-15(9-13)17(20-12-19-16)22-14-10-21-24(11-14)4-3-23-5-7-25-8-6-23/h1-2,9-12H,3-8H2,(H,19,20,22). The molecule has 3 aromatic rings. The molecule has 0 aliphatic carbocycles. The van der Waals surface area contributed by atoms with Crippen LogP contribution in [0, 0.1) is 0 Å². The molecule has 7 nitrogen and oxygen atoms in total. The number of halogens is 1. The third kappa shape index (κ3) is 3.97. The zero-order valence-corrected chi connectivity index (χ0v) is 15.3. The van der Waals surface area contributed by atoms with Crippen LogP contribution in [0.2, 0.25) is 0 Å². The molecule has 0 bridgehead atoms. The molecule has 3 heterocycles. The first kappa shape index (κ1) is 16.4. The van der Waals surface area contributed by atoms with Gasteiger partial charge in [-0.2, -0.15) is 5.10 Å². The smallest absolute Gasteiger partial charge is 0.141 e. The first-order valence-corrected chi connectivity index (χ1v) is 9.07. The molecule has 1 N–H and O–H groups in total. The van der Waals surface area contributed by atoms with Gasteiger partial charge in [-0.3, -0.25) is 9.58 Å². The van der Waals surface area contributed by atoms with E-state index in [1.807, 2.05) is 35.3 Å². The Morgan fingerprint density at radius 1 is 1.16 bits per heavy atom. The van der Waals surface area contributed by atoms with Crippen molar-refractivity contribution in [2.24, 2.45) is 0 Å². The monoisotopic (exact) mass is 402 g/mol. The van der Waals surface area contributed by atoms with E-state index in [4.69, 9.17) is 4.74 Å². The zero-order chi connectivity index (χ0) is 17.1. The molecule has 0 saturated carbocycles. The first-order chi connectivity index (χ1) is 12.3. The molecule has 130 valence electrons. The van der Waals surface area contributed by atoms with E-state index >= 15 is 0 Å². The highest BCUT2D eigenvalue weighted by Gasteiger charge is 2.11. The van der Waals surface area contributed by atoms with E-state index in [2.05, 4.69) is 41.2 Å². The summed E-state index contributed by atoms with van der Waals surface area (Å²) >= 11 is 3.50. The number of fused-ring (bicyclic) bond motifs is 1. The van der Waals surface area contributed by atoms with Gasteiger partial charge >= 0.3 is 0 Å². The number of benzene rings is 1. The normalized spacial score (nSPS) is 15.6. The molecule has 4 rings (SSSR count). The molecule has 0 spiro atoms. The molecule has 0 radical (unpaired) electrons. The molecule has 25 heavy (non-hydrogen) atoms. The molecule has 1 saturated heterocycles. The molecule has 1 aliphatic heterocycles. The lowest BCUT2D eigenvalue weighted by Gasteiger charge is -2.26. The predicted octanol–water partition coefficient (Wildman–Crippen LogP) is 2.66. The summed E-state index contributed by atoms with van der Waals surface area (Å²) in [4.78, 5) is 11.1. The number of rotatable bonds is 5. The molecule has 2 aromatic heterocycles. The van der Waals surface area contributed by atoms with E-state index in [0.29, 0.717) is 0 Å². The van der Waals surface area contributed by atoms with E-state index in [1.54, 1.807) is 6.33 Å². The molecule has 1 aromatic carbocycles. The minimum Gasteiger partial charge on any atom is -0.379 e. The number of nitrogens with one attached hydrogen (secondary N) is 1. The zero-order valence-electron chi connectivity index (χ0n) is 13.7. The van der Waals surface area contributed by atoms with Crippen LogP contribution in [0.5, 0.6) is 0 Å². The second-order valence-corrected chi connectivity index (χ2v) is 6.87. The van der Waals surface area contributed by atoms with Gasteiger partial charge < -0.3 is 10.1 Å². The van der Waals surface area contributed by atoms with Crippen LogP contribution in [-0.4, -0.2) is 57.5 Å². The second-order valence-electron chi connectivity index (χ2n) is 5.95. The van der Waals surface area contributed by atoms with Crippen molar-refractivity contribution < 1.29 is 4.74 Å².